The Hall–Kier alpha value is 4.34. The normalized spacial score (nSPS) is 15.4. The lowest BCUT2D eigenvalue weighted by Crippen LogP contribution is -2.25. The van der Waals surface area contributed by atoms with Gasteiger partial charge in [0.1, 0.15) is -1.13 Å². The van der Waals surface area contributed by atoms with Crippen molar-refractivity contribution in [3.63, 3.8) is 0 Å². The Labute approximate surface area is 238 Å². The summed E-state index contributed by atoms with van der Waals surface area (Å²) in [6.07, 6.45) is 16.1. The van der Waals surface area contributed by atoms with E-state index in [0.717, 1.165) is 0 Å². The molecule has 0 aliphatic rings. The number of hydrogen-bond donors (Lipinski definition) is 0. The Bertz CT molecular complexity index is 284. The average molecular weight is 1030 g/mol. The van der Waals surface area contributed by atoms with Crippen LogP contribution in [0.25, 0.3) is 0 Å². The molecule has 0 heterocycles. The summed E-state index contributed by atoms with van der Waals surface area (Å²) in [7, 11) is 0. The molecule has 152 valence electrons. The summed E-state index contributed by atoms with van der Waals surface area (Å²) in [5.41, 5.74) is 0. The zero-order valence-corrected chi connectivity index (χ0v) is 28.3. The molecule has 0 N–H and O–H groups in total. The molecule has 0 aliphatic carbocycles. The molecule has 0 radical (unpaired) electrons. The largest absolute Gasteiger partial charge is 0.375 e. The molecule has 0 aliphatic heterocycles. The van der Waals surface area contributed by atoms with Gasteiger partial charge >= 0.3 is 0 Å². The molecule has 25 heavy (non-hydrogen) atoms. The lowest BCUT2D eigenvalue weighted by atomic mass is 10.0. The van der Waals surface area contributed by atoms with Crippen molar-refractivity contribution in [2.45, 2.75) is 102 Å². The molecule has 0 fully saturated rings. The maximum Gasteiger partial charge on any atom is 0.124 e. The Balaban J connectivity index is 4.68. The van der Waals surface area contributed by atoms with Gasteiger partial charge in [-0.3, -0.25) is 0 Å². The van der Waals surface area contributed by atoms with Gasteiger partial charge in [-0.2, -0.15) is 0 Å². The van der Waals surface area contributed by atoms with Crippen LogP contribution in [0.4, 0.5) is 0 Å². The quantitative estimate of drug-likeness (QED) is 0.0851. The van der Waals surface area contributed by atoms with Crippen LogP contribution in [0.3, 0.4) is 0 Å². The minimum atomic E-state index is 0.319. The summed E-state index contributed by atoms with van der Waals surface area (Å²) in [6.45, 7) is 4.57. The van der Waals surface area contributed by atoms with Crippen LogP contribution in [0.2, 0.25) is 0 Å². The number of rotatable bonds is 16. The van der Waals surface area contributed by atoms with Crippen molar-refractivity contribution in [1.29, 1.82) is 0 Å². The monoisotopic (exact) mass is 1030 g/mol. The van der Waals surface area contributed by atoms with Gasteiger partial charge in [-0.15, -0.1) is 0 Å². The van der Waals surface area contributed by atoms with Crippen molar-refractivity contribution in [1.82, 2.24) is 0 Å². The van der Waals surface area contributed by atoms with Crippen molar-refractivity contribution in [3.05, 3.63) is 0 Å². The van der Waals surface area contributed by atoms with Gasteiger partial charge in [0.15, 0.2) is 0 Å². The second kappa shape index (κ2) is 17.0. The Morgan fingerprint density at radius 1 is 0.600 bits per heavy atom. The zero-order chi connectivity index (χ0) is 19.3. The maximum absolute atomic E-state index is 6.71. The number of unbranched alkanes of at least 4 members (excludes halogenated alkanes) is 4. The third kappa shape index (κ3) is 21.4. The van der Waals surface area contributed by atoms with Gasteiger partial charge in [0.2, 0.25) is 0 Å². The highest BCUT2D eigenvalue weighted by atomic mass is 127. The highest BCUT2D eigenvalue weighted by Crippen LogP contribution is 2.42. The minimum absolute atomic E-state index is 0.319. The fourth-order valence-electron chi connectivity index (χ4n) is 2.73. The van der Waals surface area contributed by atoms with Crippen molar-refractivity contribution < 1.29 is 4.74 Å². The number of ether oxygens (including phenoxy) is 1. The molecular formula is C18H32I6O. The number of alkyl halides is 6. The van der Waals surface area contributed by atoms with Crippen LogP contribution in [0.15, 0.2) is 0 Å². The summed E-state index contributed by atoms with van der Waals surface area (Å²) >= 11 is 15.3. The zero-order valence-electron chi connectivity index (χ0n) is 15.3. The van der Waals surface area contributed by atoms with E-state index in [1.165, 1.54) is 77.0 Å². The third-order valence-corrected chi connectivity index (χ3v) is 7.38. The van der Waals surface area contributed by atoms with Gasteiger partial charge in [-0.05, 0) is 38.5 Å². The van der Waals surface area contributed by atoms with Crippen molar-refractivity contribution in [2.75, 3.05) is 0 Å². The first-order valence-electron chi connectivity index (χ1n) is 9.36. The Morgan fingerprint density at radius 3 is 1.24 bits per heavy atom. The van der Waals surface area contributed by atoms with Crippen molar-refractivity contribution >= 4 is 136 Å². The summed E-state index contributed by atoms with van der Waals surface area (Å²) < 4.78 is 7.35. The molecule has 0 amide bonds. The smallest absolute Gasteiger partial charge is 0.124 e. The van der Waals surface area contributed by atoms with Crippen molar-refractivity contribution in [2.24, 2.45) is 0 Å². The molecule has 7 heteroatoms. The lowest BCUT2D eigenvalue weighted by molar-refractivity contribution is -0.0307. The van der Waals surface area contributed by atoms with Gasteiger partial charge in [-0.25, -0.2) is 0 Å². The van der Waals surface area contributed by atoms with Crippen LogP contribution in [-0.2, 0) is 4.74 Å². The van der Waals surface area contributed by atoms with Gasteiger partial charge < -0.3 is 4.74 Å². The summed E-state index contributed by atoms with van der Waals surface area (Å²) in [5.74, 6) is 0. The first kappa shape index (κ1) is 29.3. The highest BCUT2D eigenvalue weighted by Gasteiger charge is 2.25. The first-order chi connectivity index (χ1) is 11.6. The second-order valence-electron chi connectivity index (χ2n) is 6.68. The van der Waals surface area contributed by atoms with Crippen LogP contribution in [0.5, 0.6) is 0 Å². The summed E-state index contributed by atoms with van der Waals surface area (Å²) in [4.78, 5) is 0. The lowest BCUT2D eigenvalue weighted by Gasteiger charge is -2.28. The molecule has 0 spiro atoms. The fourth-order valence-corrected chi connectivity index (χ4v) is 4.59. The average Bonchev–Trinajstić information content (AvgIpc) is 2.48. The van der Waals surface area contributed by atoms with Crippen LogP contribution in [-0.4, -0.2) is 11.1 Å². The molecule has 2 atom stereocenters. The number of hydrogen-bond acceptors (Lipinski definition) is 1. The number of halogens is 6. The van der Waals surface area contributed by atoms with Crippen LogP contribution in [0, 0.1) is 0 Å². The Morgan fingerprint density at radius 2 is 0.960 bits per heavy atom. The molecule has 0 aromatic rings. The molecule has 0 bridgehead atoms. The highest BCUT2D eigenvalue weighted by molar-refractivity contribution is 14.3. The van der Waals surface area contributed by atoms with E-state index in [9.17, 15) is 0 Å². The van der Waals surface area contributed by atoms with E-state index in [1.807, 2.05) is 0 Å². The molecule has 0 rings (SSSR count). The fraction of sp³-hybridized carbons (Fsp3) is 1.00. The van der Waals surface area contributed by atoms with Crippen LogP contribution < -0.4 is 0 Å². The molecule has 0 saturated heterocycles. The standard InChI is InChI=1S/C18H32I6O/c1-3-5-7-9-15(11-13-17(19,20)21)25-16(10-8-6-4-2)12-14-18(22,23)24/h15-16H,3-14H2,1-2H3. The van der Waals surface area contributed by atoms with Gasteiger partial charge in [0.05, 0.1) is 12.2 Å². The third-order valence-electron chi connectivity index (χ3n) is 4.14. The molecule has 2 unspecified atom stereocenters. The predicted molar refractivity (Wildman–Crippen MR) is 165 cm³/mol. The van der Waals surface area contributed by atoms with E-state index in [0.29, 0.717) is 11.1 Å². The van der Waals surface area contributed by atoms with Gasteiger partial charge in [-0.1, -0.05) is 188 Å². The Kier molecular flexibility index (Phi) is 19.9. The van der Waals surface area contributed by atoms with Crippen LogP contribution >= 0.6 is 136 Å². The topological polar surface area (TPSA) is 9.23 Å². The first-order valence-corrected chi connectivity index (χ1v) is 15.8. The molecule has 0 saturated carbocycles. The molecular weight excluding hydrogens is 994 g/mol. The van der Waals surface area contributed by atoms with Crippen LogP contribution in [0.1, 0.15) is 90.9 Å². The maximum atomic E-state index is 6.71. The molecule has 0 aromatic carbocycles. The predicted octanol–water partition coefficient (Wildman–Crippen LogP) is 10.4. The molecule has 0 aromatic heterocycles. The van der Waals surface area contributed by atoms with E-state index >= 15 is 0 Å². The SMILES string of the molecule is CCCCCC(CCC(I)(I)I)OC(CCCCC)CCC(I)(I)I. The van der Waals surface area contributed by atoms with E-state index < -0.39 is 0 Å². The van der Waals surface area contributed by atoms with Crippen molar-refractivity contribution in [3.8, 4) is 0 Å². The van der Waals surface area contributed by atoms with E-state index in [-0.39, 0.29) is 0 Å². The van der Waals surface area contributed by atoms with Gasteiger partial charge in [0, 0.05) is 0 Å². The summed E-state index contributed by atoms with van der Waals surface area (Å²) in [5, 5.41) is 0. The van der Waals surface area contributed by atoms with E-state index in [1.54, 1.807) is 0 Å². The molecule has 1 nitrogen and oxygen atoms in total. The van der Waals surface area contributed by atoms with E-state index in [2.05, 4.69) is 149 Å². The second-order valence-corrected chi connectivity index (χ2v) is 30.1. The minimum Gasteiger partial charge on any atom is -0.375 e. The van der Waals surface area contributed by atoms with Gasteiger partial charge in [0.25, 0.3) is 0 Å². The van der Waals surface area contributed by atoms with E-state index in [4.69, 9.17) is 4.74 Å². The summed E-state index contributed by atoms with van der Waals surface area (Å²) in [6, 6.07) is 0.